The third-order valence-corrected chi connectivity index (χ3v) is 2.01. The molecule has 58 valence electrons. The zero-order chi connectivity index (χ0) is 7.40. The zero-order valence-corrected chi connectivity index (χ0v) is 6.34. The molecule has 0 aromatic carbocycles. The molecule has 10 heavy (non-hydrogen) atoms. The molecule has 1 rings (SSSR count). The van der Waals surface area contributed by atoms with E-state index in [0.717, 1.165) is 25.8 Å². The van der Waals surface area contributed by atoms with Crippen molar-refractivity contribution in [2.24, 2.45) is 0 Å². The summed E-state index contributed by atoms with van der Waals surface area (Å²) in [5, 5.41) is 3.10. The van der Waals surface area contributed by atoms with Crippen LogP contribution in [0.25, 0.3) is 0 Å². The van der Waals surface area contributed by atoms with Crippen LogP contribution in [0.1, 0.15) is 19.3 Å². The van der Waals surface area contributed by atoms with Gasteiger partial charge in [-0.2, -0.15) is 0 Å². The van der Waals surface area contributed by atoms with Gasteiger partial charge in [-0.15, -0.1) is 0 Å². The van der Waals surface area contributed by atoms with E-state index in [1.165, 1.54) is 6.42 Å². The smallest absolute Gasteiger partial charge is 0.210 e. The van der Waals surface area contributed by atoms with E-state index >= 15 is 0 Å². The van der Waals surface area contributed by atoms with Gasteiger partial charge in [0, 0.05) is 6.54 Å². The van der Waals surface area contributed by atoms with Crippen molar-refractivity contribution in [2.45, 2.75) is 25.4 Å². The number of piperidine rings is 1. The summed E-state index contributed by atoms with van der Waals surface area (Å²) in [6.45, 7) is 0.912. The van der Waals surface area contributed by atoms with Gasteiger partial charge in [-0.3, -0.25) is 4.79 Å². The molecule has 1 aliphatic heterocycles. The number of hydrogen-bond acceptors (Lipinski definition) is 2. The molecule has 0 radical (unpaired) electrons. The van der Waals surface area contributed by atoms with Crippen molar-refractivity contribution in [2.75, 3.05) is 13.6 Å². The molecule has 1 fully saturated rings. The van der Waals surface area contributed by atoms with Crippen molar-refractivity contribution in [3.63, 3.8) is 0 Å². The fourth-order valence-electron chi connectivity index (χ4n) is 1.39. The van der Waals surface area contributed by atoms with E-state index < -0.39 is 0 Å². The second-order valence-electron chi connectivity index (χ2n) is 2.64. The standard InChI is InChI=1S/C7H14N2O/c1-8-7-4-2-3-5-9(7)6-10/h6-8H,2-5H2,1H3. The third-order valence-electron chi connectivity index (χ3n) is 2.01. The van der Waals surface area contributed by atoms with Crippen molar-refractivity contribution < 1.29 is 4.79 Å². The average Bonchev–Trinajstić information content (AvgIpc) is 2.04. The number of carbonyl (C=O) groups is 1. The van der Waals surface area contributed by atoms with Crippen LogP contribution in [0, 0.1) is 0 Å². The Balaban J connectivity index is 2.41. The van der Waals surface area contributed by atoms with Crippen LogP contribution in [-0.4, -0.2) is 31.1 Å². The van der Waals surface area contributed by atoms with E-state index in [0.29, 0.717) is 0 Å². The summed E-state index contributed by atoms with van der Waals surface area (Å²) in [6.07, 6.45) is 4.69. The highest BCUT2D eigenvalue weighted by atomic mass is 16.1. The summed E-state index contributed by atoms with van der Waals surface area (Å²) < 4.78 is 0. The largest absolute Gasteiger partial charge is 0.330 e. The summed E-state index contributed by atoms with van der Waals surface area (Å²) in [5.41, 5.74) is 0. The zero-order valence-electron chi connectivity index (χ0n) is 6.34. The Labute approximate surface area is 61.4 Å². The molecule has 0 spiro atoms. The van der Waals surface area contributed by atoms with Crippen molar-refractivity contribution in [3.8, 4) is 0 Å². The quantitative estimate of drug-likeness (QED) is 0.558. The van der Waals surface area contributed by atoms with Gasteiger partial charge >= 0.3 is 0 Å². The highest BCUT2D eigenvalue weighted by Gasteiger charge is 2.17. The molecule has 0 aliphatic carbocycles. The first-order valence-corrected chi connectivity index (χ1v) is 3.77. The van der Waals surface area contributed by atoms with Gasteiger partial charge in [-0.05, 0) is 26.3 Å². The molecule has 1 aliphatic rings. The van der Waals surface area contributed by atoms with Crippen molar-refractivity contribution >= 4 is 6.41 Å². The second kappa shape index (κ2) is 3.56. The van der Waals surface area contributed by atoms with Crippen molar-refractivity contribution in [1.29, 1.82) is 0 Å². The van der Waals surface area contributed by atoms with Gasteiger partial charge in [0.2, 0.25) is 6.41 Å². The van der Waals surface area contributed by atoms with Crippen molar-refractivity contribution in [3.05, 3.63) is 0 Å². The Kier molecular flexibility index (Phi) is 2.68. The predicted octanol–water partition coefficient (Wildman–Crippen LogP) is 0.174. The lowest BCUT2D eigenvalue weighted by Crippen LogP contribution is -2.46. The SMILES string of the molecule is CNC1CCCCN1C=O. The summed E-state index contributed by atoms with van der Waals surface area (Å²) in [6, 6.07) is 0. The first kappa shape index (κ1) is 7.54. The predicted molar refractivity (Wildman–Crippen MR) is 39.5 cm³/mol. The Morgan fingerprint density at radius 2 is 2.40 bits per heavy atom. The summed E-state index contributed by atoms with van der Waals surface area (Å²) in [5.74, 6) is 0. The molecule has 1 amide bonds. The number of nitrogens with one attached hydrogen (secondary N) is 1. The highest BCUT2D eigenvalue weighted by molar-refractivity contribution is 5.47. The maximum absolute atomic E-state index is 10.4. The number of hydrogen-bond donors (Lipinski definition) is 1. The first-order valence-electron chi connectivity index (χ1n) is 3.77. The minimum Gasteiger partial charge on any atom is -0.330 e. The van der Waals surface area contributed by atoms with E-state index in [1.807, 2.05) is 11.9 Å². The lowest BCUT2D eigenvalue weighted by atomic mass is 10.1. The summed E-state index contributed by atoms with van der Waals surface area (Å²) >= 11 is 0. The van der Waals surface area contributed by atoms with Gasteiger partial charge in [0.1, 0.15) is 0 Å². The van der Waals surface area contributed by atoms with Gasteiger partial charge in [0.25, 0.3) is 0 Å². The molecule has 0 aromatic rings. The minimum absolute atomic E-state index is 0.284. The maximum Gasteiger partial charge on any atom is 0.210 e. The van der Waals surface area contributed by atoms with Gasteiger partial charge < -0.3 is 10.2 Å². The van der Waals surface area contributed by atoms with Gasteiger partial charge in [0.05, 0.1) is 6.17 Å². The van der Waals surface area contributed by atoms with Crippen LogP contribution in [-0.2, 0) is 4.79 Å². The second-order valence-corrected chi connectivity index (χ2v) is 2.64. The number of amides is 1. The molecule has 0 saturated carbocycles. The normalized spacial score (nSPS) is 26.5. The molecule has 3 nitrogen and oxygen atoms in total. The van der Waals surface area contributed by atoms with Crippen LogP contribution in [0.3, 0.4) is 0 Å². The van der Waals surface area contributed by atoms with Crippen LogP contribution >= 0.6 is 0 Å². The Morgan fingerprint density at radius 3 is 2.90 bits per heavy atom. The van der Waals surface area contributed by atoms with E-state index in [-0.39, 0.29) is 6.17 Å². The van der Waals surface area contributed by atoms with Crippen molar-refractivity contribution in [1.82, 2.24) is 10.2 Å². The summed E-state index contributed by atoms with van der Waals surface area (Å²) in [7, 11) is 1.90. The van der Waals surface area contributed by atoms with E-state index in [1.54, 1.807) is 0 Å². The van der Waals surface area contributed by atoms with Crippen LogP contribution in [0.2, 0.25) is 0 Å². The molecule has 1 unspecified atom stereocenters. The van der Waals surface area contributed by atoms with Crippen LogP contribution in [0.15, 0.2) is 0 Å². The number of likely N-dealkylation sites (tertiary alicyclic amines) is 1. The molecule has 0 bridgehead atoms. The molecule has 3 heteroatoms. The molecule has 1 atom stereocenters. The Bertz CT molecular complexity index is 116. The van der Waals surface area contributed by atoms with Gasteiger partial charge in [-0.25, -0.2) is 0 Å². The molecule has 1 N–H and O–H groups in total. The van der Waals surface area contributed by atoms with Crippen LogP contribution in [0.5, 0.6) is 0 Å². The average molecular weight is 142 g/mol. The monoisotopic (exact) mass is 142 g/mol. The lowest BCUT2D eigenvalue weighted by molar-refractivity contribution is -0.121. The van der Waals surface area contributed by atoms with E-state index in [4.69, 9.17) is 0 Å². The van der Waals surface area contributed by atoms with E-state index in [9.17, 15) is 4.79 Å². The molecular formula is C7H14N2O. The van der Waals surface area contributed by atoms with Gasteiger partial charge in [0.15, 0.2) is 0 Å². The van der Waals surface area contributed by atoms with Crippen LogP contribution < -0.4 is 5.32 Å². The third kappa shape index (κ3) is 1.48. The summed E-state index contributed by atoms with van der Waals surface area (Å²) in [4.78, 5) is 12.2. The van der Waals surface area contributed by atoms with Crippen LogP contribution in [0.4, 0.5) is 0 Å². The highest BCUT2D eigenvalue weighted by Crippen LogP contribution is 2.11. The Morgan fingerprint density at radius 1 is 1.60 bits per heavy atom. The minimum atomic E-state index is 0.284. The van der Waals surface area contributed by atoms with E-state index in [2.05, 4.69) is 5.32 Å². The number of rotatable bonds is 2. The number of carbonyl (C=O) groups excluding carboxylic acids is 1. The first-order chi connectivity index (χ1) is 4.88. The maximum atomic E-state index is 10.4. The fraction of sp³-hybridized carbons (Fsp3) is 0.857. The lowest BCUT2D eigenvalue weighted by Gasteiger charge is -2.32. The molecule has 1 heterocycles. The van der Waals surface area contributed by atoms with Gasteiger partial charge in [-0.1, -0.05) is 0 Å². The Hall–Kier alpha value is -0.570. The fourth-order valence-corrected chi connectivity index (χ4v) is 1.39. The molecule has 1 saturated heterocycles. The molecular weight excluding hydrogens is 128 g/mol. The number of nitrogens with zero attached hydrogens (tertiary/aromatic N) is 1. The topological polar surface area (TPSA) is 32.3 Å². The molecule has 0 aromatic heterocycles.